The fourth-order valence-corrected chi connectivity index (χ4v) is 2.47. The summed E-state index contributed by atoms with van der Waals surface area (Å²) < 4.78 is 6.33. The van der Waals surface area contributed by atoms with Crippen LogP contribution in [0.25, 0.3) is 28.1 Å². The zero-order valence-corrected chi connectivity index (χ0v) is 11.5. The molecular weight excluding hydrogens is 282 g/mol. The van der Waals surface area contributed by atoms with E-state index in [2.05, 4.69) is 31.0 Å². The first-order valence-electron chi connectivity index (χ1n) is 6.47. The Balaban J connectivity index is 2.20. The van der Waals surface area contributed by atoms with Crippen molar-refractivity contribution in [3.05, 3.63) is 35.4 Å². The molecule has 0 amide bonds. The minimum atomic E-state index is 0.242. The molecule has 4 aromatic rings. The van der Waals surface area contributed by atoms with Gasteiger partial charge < -0.3 is 5.73 Å². The second-order valence-electron chi connectivity index (χ2n) is 4.80. The van der Waals surface area contributed by atoms with Gasteiger partial charge in [-0.2, -0.15) is 5.26 Å². The minimum Gasteiger partial charge on any atom is -0.384 e. The van der Waals surface area contributed by atoms with Crippen LogP contribution >= 0.6 is 0 Å². The number of rotatable bonds is 1. The molecule has 0 fully saturated rings. The molecule has 22 heavy (non-hydrogen) atoms. The number of benzene rings is 1. The zero-order chi connectivity index (χ0) is 15.3. The van der Waals surface area contributed by atoms with Crippen molar-refractivity contribution in [1.29, 1.82) is 5.26 Å². The molecule has 0 unspecified atom stereocenters. The molecule has 0 aliphatic carbocycles. The van der Waals surface area contributed by atoms with Crippen molar-refractivity contribution in [3.63, 3.8) is 0 Å². The van der Waals surface area contributed by atoms with Crippen molar-refractivity contribution in [2.75, 3.05) is 5.73 Å². The van der Waals surface area contributed by atoms with Gasteiger partial charge >= 0.3 is 0 Å². The molecular formula is C14H9N7O. The van der Waals surface area contributed by atoms with Crippen molar-refractivity contribution in [2.24, 2.45) is 0 Å². The number of nitrogens with zero attached hydrogens (tertiary/aromatic N) is 6. The Morgan fingerprint density at radius 3 is 2.64 bits per heavy atom. The third-order valence-corrected chi connectivity index (χ3v) is 3.51. The Hall–Kier alpha value is -3.47. The zero-order valence-electron chi connectivity index (χ0n) is 11.5. The van der Waals surface area contributed by atoms with Crippen LogP contribution in [0.2, 0.25) is 0 Å². The number of nitrogen functional groups attached to an aromatic ring is 1. The Morgan fingerprint density at radius 1 is 1.18 bits per heavy atom. The number of fused-ring (bicyclic) bond motifs is 2. The predicted octanol–water partition coefficient (Wildman–Crippen LogP) is 1.72. The SMILES string of the molecule is Cc1ccccc1-n1c(N)c(C#N)c2nc3nonc3nc21. The maximum atomic E-state index is 9.40. The Morgan fingerprint density at radius 2 is 1.91 bits per heavy atom. The van der Waals surface area contributed by atoms with Crippen LogP contribution in [0.3, 0.4) is 0 Å². The normalized spacial score (nSPS) is 11.1. The van der Waals surface area contributed by atoms with E-state index in [9.17, 15) is 5.26 Å². The molecule has 106 valence electrons. The lowest BCUT2D eigenvalue weighted by Crippen LogP contribution is -2.03. The van der Waals surface area contributed by atoms with Crippen LogP contribution in [0.5, 0.6) is 0 Å². The van der Waals surface area contributed by atoms with Crippen LogP contribution in [-0.4, -0.2) is 24.8 Å². The second kappa shape index (κ2) is 4.26. The Labute approximate surface area is 123 Å². The highest BCUT2D eigenvalue weighted by Crippen LogP contribution is 2.30. The highest BCUT2D eigenvalue weighted by Gasteiger charge is 2.21. The van der Waals surface area contributed by atoms with E-state index in [0.717, 1.165) is 11.3 Å². The molecule has 0 saturated carbocycles. The number of anilines is 1. The van der Waals surface area contributed by atoms with Gasteiger partial charge in [-0.05, 0) is 28.9 Å². The topological polar surface area (TPSA) is 119 Å². The lowest BCUT2D eigenvalue weighted by atomic mass is 10.2. The van der Waals surface area contributed by atoms with E-state index in [1.54, 1.807) is 4.57 Å². The van der Waals surface area contributed by atoms with Gasteiger partial charge in [-0.1, -0.05) is 18.2 Å². The first kappa shape index (κ1) is 12.3. The summed E-state index contributed by atoms with van der Waals surface area (Å²) in [6.45, 7) is 1.95. The molecule has 8 heteroatoms. The summed E-state index contributed by atoms with van der Waals surface area (Å²) in [5.41, 5.74) is 9.58. The van der Waals surface area contributed by atoms with Crippen LogP contribution in [0.1, 0.15) is 11.1 Å². The number of aryl methyl sites for hydroxylation is 1. The third kappa shape index (κ3) is 1.50. The Kier molecular flexibility index (Phi) is 2.38. The van der Waals surface area contributed by atoms with Gasteiger partial charge in [0.05, 0.1) is 5.69 Å². The summed E-state index contributed by atoms with van der Waals surface area (Å²) in [6.07, 6.45) is 0. The molecule has 1 aromatic carbocycles. The molecule has 8 nitrogen and oxygen atoms in total. The van der Waals surface area contributed by atoms with E-state index in [0.29, 0.717) is 11.2 Å². The number of hydrogen-bond donors (Lipinski definition) is 1. The molecule has 0 atom stereocenters. The molecule has 3 heterocycles. The molecule has 4 rings (SSSR count). The van der Waals surface area contributed by atoms with Gasteiger partial charge in [-0.25, -0.2) is 14.6 Å². The Bertz CT molecular complexity index is 1070. The van der Waals surface area contributed by atoms with Crippen molar-refractivity contribution in [3.8, 4) is 11.8 Å². The smallest absolute Gasteiger partial charge is 0.245 e. The molecule has 0 radical (unpaired) electrons. The number of nitrogens with two attached hydrogens (primary N) is 1. The molecule has 0 bridgehead atoms. The molecule has 2 N–H and O–H groups in total. The van der Waals surface area contributed by atoms with E-state index >= 15 is 0 Å². The van der Waals surface area contributed by atoms with E-state index in [1.807, 2.05) is 31.2 Å². The average molecular weight is 291 g/mol. The van der Waals surface area contributed by atoms with E-state index in [-0.39, 0.29) is 22.7 Å². The highest BCUT2D eigenvalue weighted by molar-refractivity contribution is 5.92. The van der Waals surface area contributed by atoms with Gasteiger partial charge in [0.25, 0.3) is 0 Å². The summed E-state index contributed by atoms with van der Waals surface area (Å²) in [6, 6.07) is 9.75. The van der Waals surface area contributed by atoms with Crippen LogP contribution < -0.4 is 5.73 Å². The van der Waals surface area contributed by atoms with Crippen LogP contribution in [0, 0.1) is 18.3 Å². The third-order valence-electron chi connectivity index (χ3n) is 3.51. The van der Waals surface area contributed by atoms with Crippen molar-refractivity contribution >= 4 is 28.3 Å². The fraction of sp³-hybridized carbons (Fsp3) is 0.0714. The monoisotopic (exact) mass is 291 g/mol. The first-order valence-corrected chi connectivity index (χ1v) is 6.47. The second-order valence-corrected chi connectivity index (χ2v) is 4.80. The van der Waals surface area contributed by atoms with Crippen molar-refractivity contribution in [1.82, 2.24) is 24.8 Å². The van der Waals surface area contributed by atoms with Crippen LogP contribution in [-0.2, 0) is 0 Å². The van der Waals surface area contributed by atoms with Crippen LogP contribution in [0.4, 0.5) is 5.82 Å². The quantitative estimate of drug-likeness (QED) is 0.566. The van der Waals surface area contributed by atoms with Gasteiger partial charge in [-0.3, -0.25) is 4.57 Å². The molecule has 3 aromatic heterocycles. The summed E-state index contributed by atoms with van der Waals surface area (Å²) in [7, 11) is 0. The van der Waals surface area contributed by atoms with Gasteiger partial charge in [0.1, 0.15) is 23.0 Å². The van der Waals surface area contributed by atoms with Crippen LogP contribution in [0.15, 0.2) is 28.9 Å². The average Bonchev–Trinajstić information content (AvgIpc) is 3.07. The van der Waals surface area contributed by atoms with E-state index < -0.39 is 0 Å². The van der Waals surface area contributed by atoms with E-state index in [1.165, 1.54) is 0 Å². The molecule has 0 aliphatic heterocycles. The van der Waals surface area contributed by atoms with Gasteiger partial charge in [0, 0.05) is 0 Å². The maximum absolute atomic E-state index is 9.40. The lowest BCUT2D eigenvalue weighted by Gasteiger charge is -2.09. The first-order chi connectivity index (χ1) is 10.7. The summed E-state index contributed by atoms with van der Waals surface area (Å²) in [5, 5.41) is 16.7. The number of nitriles is 1. The molecule has 0 aliphatic rings. The maximum Gasteiger partial charge on any atom is 0.245 e. The number of aromatic nitrogens is 5. The van der Waals surface area contributed by atoms with Gasteiger partial charge in [-0.15, -0.1) is 0 Å². The summed E-state index contributed by atoms with van der Waals surface area (Å²) >= 11 is 0. The highest BCUT2D eigenvalue weighted by atomic mass is 16.6. The van der Waals surface area contributed by atoms with Crippen molar-refractivity contribution < 1.29 is 4.63 Å². The summed E-state index contributed by atoms with van der Waals surface area (Å²) in [4.78, 5) is 8.68. The van der Waals surface area contributed by atoms with Gasteiger partial charge in [0.2, 0.25) is 11.3 Å². The number of hydrogen-bond acceptors (Lipinski definition) is 7. The molecule has 0 spiro atoms. The molecule has 0 saturated heterocycles. The fourth-order valence-electron chi connectivity index (χ4n) is 2.47. The minimum absolute atomic E-state index is 0.242. The number of para-hydroxylation sites is 1. The standard InChI is InChI=1S/C14H9N7O/c1-7-4-2-3-5-9(7)21-11(16)8(6-15)10-14(21)18-13-12(17-10)19-22-20-13/h2-5H,16H2,1H3. The predicted molar refractivity (Wildman–Crippen MR) is 78.1 cm³/mol. The van der Waals surface area contributed by atoms with E-state index in [4.69, 9.17) is 5.73 Å². The largest absolute Gasteiger partial charge is 0.384 e. The van der Waals surface area contributed by atoms with Gasteiger partial charge in [0.15, 0.2) is 5.65 Å². The van der Waals surface area contributed by atoms with Crippen molar-refractivity contribution in [2.45, 2.75) is 6.92 Å². The lowest BCUT2D eigenvalue weighted by molar-refractivity contribution is 0.314. The summed E-state index contributed by atoms with van der Waals surface area (Å²) in [5.74, 6) is 0.288.